The van der Waals surface area contributed by atoms with Gasteiger partial charge in [0.1, 0.15) is 12.8 Å². The van der Waals surface area contributed by atoms with Gasteiger partial charge in [-0.1, -0.05) is 0 Å². The number of hydrogen-bond acceptors (Lipinski definition) is 4. The first kappa shape index (κ1) is 11.1. The minimum atomic E-state index is -1.06. The third kappa shape index (κ3) is 2.52. The number of methoxy groups -OCH3 is 1. The smallest absolute Gasteiger partial charge is 0.408 e. The molecule has 0 aliphatic carbocycles. The van der Waals surface area contributed by atoms with Crippen LogP contribution < -0.4 is 5.32 Å². The Morgan fingerprint density at radius 3 is 3.00 bits per heavy atom. The van der Waals surface area contributed by atoms with Gasteiger partial charge in [-0.25, -0.2) is 4.79 Å². The molecule has 1 aliphatic heterocycles. The third-order valence-corrected chi connectivity index (χ3v) is 2.83. The summed E-state index contributed by atoms with van der Waals surface area (Å²) >= 11 is 1.42. The van der Waals surface area contributed by atoms with Crippen molar-refractivity contribution in [2.75, 3.05) is 25.5 Å². The SMILES string of the molecule is COCNC(=O)C1CSCN1C(=O)O. The van der Waals surface area contributed by atoms with Gasteiger partial charge in [0.15, 0.2) is 0 Å². The van der Waals surface area contributed by atoms with Crippen LogP contribution in [0.1, 0.15) is 0 Å². The molecule has 1 atom stereocenters. The number of nitrogens with zero attached hydrogens (tertiary/aromatic N) is 1. The van der Waals surface area contributed by atoms with Crippen molar-refractivity contribution in [3.05, 3.63) is 0 Å². The Morgan fingerprint density at radius 2 is 2.43 bits per heavy atom. The molecule has 0 aromatic carbocycles. The van der Waals surface area contributed by atoms with Crippen molar-refractivity contribution in [1.82, 2.24) is 10.2 Å². The van der Waals surface area contributed by atoms with Gasteiger partial charge in [0.2, 0.25) is 5.91 Å². The fraction of sp³-hybridized carbons (Fsp3) is 0.714. The molecule has 1 rings (SSSR count). The number of rotatable bonds is 3. The quantitative estimate of drug-likeness (QED) is 0.642. The minimum Gasteiger partial charge on any atom is -0.465 e. The van der Waals surface area contributed by atoms with Gasteiger partial charge in [-0.2, -0.15) is 0 Å². The molecule has 2 amide bonds. The number of nitrogens with one attached hydrogen (secondary N) is 1. The third-order valence-electron chi connectivity index (χ3n) is 1.82. The van der Waals surface area contributed by atoms with E-state index in [1.807, 2.05) is 0 Å². The lowest BCUT2D eigenvalue weighted by Crippen LogP contribution is -2.47. The highest BCUT2D eigenvalue weighted by Crippen LogP contribution is 2.20. The van der Waals surface area contributed by atoms with E-state index in [1.165, 1.54) is 18.9 Å². The number of carboxylic acid groups (broad SMARTS) is 1. The number of thioether (sulfide) groups is 1. The van der Waals surface area contributed by atoms with Crippen molar-refractivity contribution < 1.29 is 19.4 Å². The Kier molecular flexibility index (Phi) is 4.02. The Morgan fingerprint density at radius 1 is 1.71 bits per heavy atom. The van der Waals surface area contributed by atoms with E-state index in [9.17, 15) is 9.59 Å². The fourth-order valence-electron chi connectivity index (χ4n) is 1.11. The molecule has 6 nitrogen and oxygen atoms in total. The first-order chi connectivity index (χ1) is 6.66. The van der Waals surface area contributed by atoms with Crippen LogP contribution in [0.25, 0.3) is 0 Å². The summed E-state index contributed by atoms with van der Waals surface area (Å²) in [6.45, 7) is 0.105. The summed E-state index contributed by atoms with van der Waals surface area (Å²) in [5, 5.41) is 11.2. The predicted molar refractivity (Wildman–Crippen MR) is 51.0 cm³/mol. The van der Waals surface area contributed by atoms with Crippen molar-refractivity contribution >= 4 is 23.8 Å². The Labute approximate surface area is 85.6 Å². The standard InChI is InChI=1S/C7H12N2O4S/c1-13-3-8-6(10)5-2-14-4-9(5)7(11)12/h5H,2-4H2,1H3,(H,8,10)(H,11,12). The number of amides is 2. The van der Waals surface area contributed by atoms with Crippen LogP contribution in [0.2, 0.25) is 0 Å². The van der Waals surface area contributed by atoms with E-state index in [2.05, 4.69) is 10.1 Å². The zero-order valence-electron chi connectivity index (χ0n) is 7.73. The molecular formula is C7H12N2O4S. The molecule has 2 N–H and O–H groups in total. The Balaban J connectivity index is 2.49. The van der Waals surface area contributed by atoms with Gasteiger partial charge in [-0.05, 0) is 0 Å². The van der Waals surface area contributed by atoms with Crippen LogP contribution in [-0.2, 0) is 9.53 Å². The monoisotopic (exact) mass is 220 g/mol. The molecule has 0 aromatic heterocycles. The first-order valence-corrected chi connectivity index (χ1v) is 5.16. The van der Waals surface area contributed by atoms with Crippen molar-refractivity contribution in [3.63, 3.8) is 0 Å². The summed E-state index contributed by atoms with van der Waals surface area (Å²) in [7, 11) is 1.46. The van der Waals surface area contributed by atoms with Gasteiger partial charge in [0.05, 0.1) is 5.88 Å². The molecular weight excluding hydrogens is 208 g/mol. The highest BCUT2D eigenvalue weighted by atomic mass is 32.2. The summed E-state index contributed by atoms with van der Waals surface area (Å²) in [6.07, 6.45) is -1.06. The minimum absolute atomic E-state index is 0.105. The molecule has 0 bridgehead atoms. The number of carbonyl (C=O) groups excluding carboxylic acids is 1. The van der Waals surface area contributed by atoms with Crippen LogP contribution >= 0.6 is 11.8 Å². The highest BCUT2D eigenvalue weighted by Gasteiger charge is 2.34. The highest BCUT2D eigenvalue weighted by molar-refractivity contribution is 7.99. The summed E-state index contributed by atoms with van der Waals surface area (Å²) < 4.78 is 4.66. The predicted octanol–water partition coefficient (Wildman–Crippen LogP) is -0.241. The first-order valence-electron chi connectivity index (χ1n) is 4.00. The van der Waals surface area contributed by atoms with Gasteiger partial charge >= 0.3 is 6.09 Å². The normalized spacial score (nSPS) is 20.9. The van der Waals surface area contributed by atoms with Crippen LogP contribution in [0.15, 0.2) is 0 Å². The fourth-order valence-corrected chi connectivity index (χ4v) is 2.26. The van der Waals surface area contributed by atoms with Gasteiger partial charge in [-0.15, -0.1) is 11.8 Å². The molecule has 80 valence electrons. The summed E-state index contributed by atoms with van der Waals surface area (Å²) in [6, 6.07) is -0.590. The van der Waals surface area contributed by atoms with Gasteiger partial charge in [0.25, 0.3) is 0 Å². The maximum Gasteiger partial charge on any atom is 0.408 e. The van der Waals surface area contributed by atoms with Crippen molar-refractivity contribution in [2.45, 2.75) is 6.04 Å². The summed E-state index contributed by atoms with van der Waals surface area (Å²) in [5.41, 5.74) is 0. The van der Waals surface area contributed by atoms with Gasteiger partial charge in [-0.3, -0.25) is 9.69 Å². The Hall–Kier alpha value is -0.950. The number of carbonyl (C=O) groups is 2. The molecule has 0 aromatic rings. The molecule has 1 heterocycles. The van der Waals surface area contributed by atoms with Gasteiger partial charge < -0.3 is 15.2 Å². The van der Waals surface area contributed by atoms with E-state index in [0.717, 1.165) is 4.90 Å². The molecule has 7 heteroatoms. The second-order valence-corrected chi connectivity index (χ2v) is 3.74. The second kappa shape index (κ2) is 5.06. The zero-order valence-corrected chi connectivity index (χ0v) is 8.54. The molecule has 1 aliphatic rings. The molecule has 0 spiro atoms. The van der Waals surface area contributed by atoms with E-state index < -0.39 is 12.1 Å². The zero-order chi connectivity index (χ0) is 10.6. The Bertz CT molecular complexity index is 236. The average molecular weight is 220 g/mol. The van der Waals surface area contributed by atoms with E-state index >= 15 is 0 Å². The van der Waals surface area contributed by atoms with E-state index in [1.54, 1.807) is 0 Å². The lowest BCUT2D eigenvalue weighted by molar-refractivity contribution is -0.126. The van der Waals surface area contributed by atoms with Crippen molar-refractivity contribution in [1.29, 1.82) is 0 Å². The van der Waals surface area contributed by atoms with E-state index in [4.69, 9.17) is 5.11 Å². The molecule has 0 radical (unpaired) electrons. The second-order valence-electron chi connectivity index (χ2n) is 2.74. The van der Waals surface area contributed by atoms with Crippen LogP contribution in [0.3, 0.4) is 0 Å². The molecule has 14 heavy (non-hydrogen) atoms. The largest absolute Gasteiger partial charge is 0.465 e. The number of hydrogen-bond donors (Lipinski definition) is 2. The van der Waals surface area contributed by atoms with Gasteiger partial charge in [0, 0.05) is 12.9 Å². The summed E-state index contributed by atoms with van der Waals surface area (Å²) in [5.74, 6) is 0.543. The molecule has 1 saturated heterocycles. The van der Waals surface area contributed by atoms with Crippen LogP contribution in [-0.4, -0.2) is 53.5 Å². The molecule has 1 unspecified atom stereocenters. The lowest BCUT2D eigenvalue weighted by atomic mass is 10.3. The maximum atomic E-state index is 11.4. The lowest BCUT2D eigenvalue weighted by Gasteiger charge is -2.19. The van der Waals surface area contributed by atoms with Crippen molar-refractivity contribution in [3.8, 4) is 0 Å². The molecule has 0 saturated carbocycles. The maximum absolute atomic E-state index is 11.4. The molecule has 1 fully saturated rings. The van der Waals surface area contributed by atoms with E-state index in [0.29, 0.717) is 11.6 Å². The number of ether oxygens (including phenoxy) is 1. The van der Waals surface area contributed by atoms with Crippen LogP contribution in [0, 0.1) is 0 Å². The summed E-state index contributed by atoms with van der Waals surface area (Å²) in [4.78, 5) is 23.2. The van der Waals surface area contributed by atoms with Crippen LogP contribution in [0.5, 0.6) is 0 Å². The average Bonchev–Trinajstić information content (AvgIpc) is 2.62. The van der Waals surface area contributed by atoms with Crippen LogP contribution in [0.4, 0.5) is 4.79 Å². The van der Waals surface area contributed by atoms with Crippen molar-refractivity contribution in [2.24, 2.45) is 0 Å². The van der Waals surface area contributed by atoms with E-state index in [-0.39, 0.29) is 12.6 Å². The topological polar surface area (TPSA) is 78.9 Å².